The summed E-state index contributed by atoms with van der Waals surface area (Å²) in [6, 6.07) is 8.23. The lowest BCUT2D eigenvalue weighted by Crippen LogP contribution is -2.23. The molecule has 1 heterocycles. The van der Waals surface area contributed by atoms with Crippen LogP contribution in [0.5, 0.6) is 0 Å². The number of amides is 1. The van der Waals surface area contributed by atoms with Gasteiger partial charge in [0.2, 0.25) is 5.91 Å². The van der Waals surface area contributed by atoms with Crippen molar-refractivity contribution < 1.29 is 4.79 Å². The van der Waals surface area contributed by atoms with Gasteiger partial charge in [-0.3, -0.25) is 4.79 Å². The van der Waals surface area contributed by atoms with Crippen LogP contribution in [0.1, 0.15) is 39.5 Å². The molecule has 2 rings (SSSR count). The van der Waals surface area contributed by atoms with Gasteiger partial charge in [-0.15, -0.1) is 0 Å². The molecule has 1 aromatic carbocycles. The zero-order chi connectivity index (χ0) is 13.7. The van der Waals surface area contributed by atoms with Crippen molar-refractivity contribution in [2.75, 3.05) is 23.3 Å². The Balaban J connectivity index is 1.93. The highest BCUT2D eigenvalue weighted by atomic mass is 16.2. The van der Waals surface area contributed by atoms with E-state index < -0.39 is 0 Å². The van der Waals surface area contributed by atoms with Crippen LogP contribution in [0.3, 0.4) is 0 Å². The second-order valence-corrected chi connectivity index (χ2v) is 5.26. The average molecular weight is 260 g/mol. The van der Waals surface area contributed by atoms with Crippen LogP contribution in [0, 0.1) is 5.92 Å². The summed E-state index contributed by atoms with van der Waals surface area (Å²) in [4.78, 5) is 13.5. The van der Waals surface area contributed by atoms with Gasteiger partial charge in [0.25, 0.3) is 0 Å². The lowest BCUT2D eigenvalue weighted by atomic mass is 10.0. The molecule has 1 amide bonds. The molecule has 1 aliphatic heterocycles. The van der Waals surface area contributed by atoms with Crippen LogP contribution in [0.25, 0.3) is 0 Å². The highest BCUT2D eigenvalue weighted by molar-refractivity contribution is 5.95. The van der Waals surface area contributed by atoms with Gasteiger partial charge in [-0.25, -0.2) is 0 Å². The Labute approximate surface area is 116 Å². The second kappa shape index (κ2) is 6.60. The molecule has 0 unspecified atom stereocenters. The molecule has 1 saturated heterocycles. The Morgan fingerprint density at radius 1 is 1.21 bits per heavy atom. The fourth-order valence-corrected chi connectivity index (χ4v) is 2.52. The summed E-state index contributed by atoms with van der Waals surface area (Å²) in [5, 5.41) is 3.47. The minimum atomic E-state index is 0.248. The van der Waals surface area contributed by atoms with E-state index in [9.17, 15) is 4.79 Å². The number of carbonyl (C=O) groups excluding carboxylic acids is 1. The maximum absolute atomic E-state index is 11.7. The first-order chi connectivity index (χ1) is 9.24. The molecule has 104 valence electrons. The van der Waals surface area contributed by atoms with Crippen LogP contribution >= 0.6 is 0 Å². The lowest BCUT2D eigenvalue weighted by molar-refractivity contribution is -0.117. The van der Waals surface area contributed by atoms with E-state index in [-0.39, 0.29) is 5.91 Å². The first-order valence-electron chi connectivity index (χ1n) is 7.38. The number of anilines is 2. The van der Waals surface area contributed by atoms with Crippen LogP contribution in [0.15, 0.2) is 24.3 Å². The smallest absolute Gasteiger partial charge is 0.227 e. The number of rotatable bonds is 6. The van der Waals surface area contributed by atoms with Gasteiger partial charge >= 0.3 is 0 Å². The lowest BCUT2D eigenvalue weighted by Gasteiger charge is -2.17. The van der Waals surface area contributed by atoms with Crippen molar-refractivity contribution in [1.82, 2.24) is 0 Å². The Hall–Kier alpha value is -1.51. The molecule has 0 atom stereocenters. The number of nitrogens with one attached hydrogen (secondary N) is 1. The van der Waals surface area contributed by atoms with Gasteiger partial charge in [-0.1, -0.05) is 26.7 Å². The standard InChI is InChI=1S/C16H24N2O/c1-3-13(4-2)12-17-14-7-9-15(10-8-14)18-11-5-6-16(18)19/h7-10,13,17H,3-6,11-12H2,1-2H3. The number of carbonyl (C=O) groups is 1. The van der Waals surface area contributed by atoms with Gasteiger partial charge < -0.3 is 10.2 Å². The van der Waals surface area contributed by atoms with Crippen molar-refractivity contribution in [3.05, 3.63) is 24.3 Å². The highest BCUT2D eigenvalue weighted by Crippen LogP contribution is 2.23. The molecular weight excluding hydrogens is 236 g/mol. The Bertz CT molecular complexity index is 409. The van der Waals surface area contributed by atoms with Crippen molar-refractivity contribution in [1.29, 1.82) is 0 Å². The quantitative estimate of drug-likeness (QED) is 0.846. The van der Waals surface area contributed by atoms with E-state index in [1.54, 1.807) is 0 Å². The van der Waals surface area contributed by atoms with Crippen molar-refractivity contribution in [3.8, 4) is 0 Å². The molecule has 0 aliphatic carbocycles. The molecule has 3 heteroatoms. The molecule has 0 aromatic heterocycles. The molecule has 1 aromatic rings. The first kappa shape index (κ1) is 13.9. The van der Waals surface area contributed by atoms with Crippen LogP contribution in [-0.2, 0) is 4.79 Å². The maximum atomic E-state index is 11.7. The van der Waals surface area contributed by atoms with Gasteiger partial charge in [0.05, 0.1) is 0 Å². The summed E-state index contributed by atoms with van der Waals surface area (Å²) >= 11 is 0. The fourth-order valence-electron chi connectivity index (χ4n) is 2.52. The Morgan fingerprint density at radius 3 is 2.42 bits per heavy atom. The molecular formula is C16H24N2O. The predicted molar refractivity (Wildman–Crippen MR) is 80.6 cm³/mol. The minimum absolute atomic E-state index is 0.248. The number of hydrogen-bond acceptors (Lipinski definition) is 2. The van der Waals surface area contributed by atoms with Gasteiger partial charge in [0.15, 0.2) is 0 Å². The molecule has 19 heavy (non-hydrogen) atoms. The van der Waals surface area contributed by atoms with E-state index in [1.165, 1.54) is 12.8 Å². The summed E-state index contributed by atoms with van der Waals surface area (Å²) in [7, 11) is 0. The van der Waals surface area contributed by atoms with Crippen LogP contribution in [0.4, 0.5) is 11.4 Å². The van der Waals surface area contributed by atoms with E-state index in [4.69, 9.17) is 0 Å². The second-order valence-electron chi connectivity index (χ2n) is 5.26. The van der Waals surface area contributed by atoms with Gasteiger partial charge in [0.1, 0.15) is 0 Å². The van der Waals surface area contributed by atoms with Gasteiger partial charge in [0, 0.05) is 30.9 Å². The normalized spacial score (nSPS) is 15.3. The summed E-state index contributed by atoms with van der Waals surface area (Å²) < 4.78 is 0. The number of benzene rings is 1. The summed E-state index contributed by atoms with van der Waals surface area (Å²) in [5.41, 5.74) is 2.16. The minimum Gasteiger partial charge on any atom is -0.385 e. The average Bonchev–Trinajstić information content (AvgIpc) is 2.87. The zero-order valence-corrected chi connectivity index (χ0v) is 12.0. The van der Waals surface area contributed by atoms with E-state index in [1.807, 2.05) is 17.0 Å². The Morgan fingerprint density at radius 2 is 1.89 bits per heavy atom. The fraction of sp³-hybridized carbons (Fsp3) is 0.562. The summed E-state index contributed by atoms with van der Waals surface area (Å²) in [6.07, 6.45) is 4.09. The Kier molecular flexibility index (Phi) is 4.83. The highest BCUT2D eigenvalue weighted by Gasteiger charge is 2.21. The molecule has 1 aliphatic rings. The predicted octanol–water partition coefficient (Wildman–Crippen LogP) is 3.66. The van der Waals surface area contributed by atoms with E-state index in [2.05, 4.69) is 31.3 Å². The van der Waals surface area contributed by atoms with Crippen molar-refractivity contribution in [2.24, 2.45) is 5.92 Å². The van der Waals surface area contributed by atoms with E-state index >= 15 is 0 Å². The third-order valence-corrected chi connectivity index (χ3v) is 4.00. The molecule has 0 radical (unpaired) electrons. The third kappa shape index (κ3) is 3.49. The van der Waals surface area contributed by atoms with Crippen LogP contribution < -0.4 is 10.2 Å². The van der Waals surface area contributed by atoms with E-state index in [0.717, 1.165) is 36.8 Å². The van der Waals surface area contributed by atoms with E-state index in [0.29, 0.717) is 6.42 Å². The number of hydrogen-bond donors (Lipinski definition) is 1. The molecule has 3 nitrogen and oxygen atoms in total. The topological polar surface area (TPSA) is 32.3 Å². The number of nitrogens with zero attached hydrogens (tertiary/aromatic N) is 1. The first-order valence-corrected chi connectivity index (χ1v) is 7.38. The largest absolute Gasteiger partial charge is 0.385 e. The maximum Gasteiger partial charge on any atom is 0.227 e. The van der Waals surface area contributed by atoms with Gasteiger partial charge in [-0.05, 0) is 36.6 Å². The summed E-state index contributed by atoms with van der Waals surface area (Å²) in [5.74, 6) is 0.984. The van der Waals surface area contributed by atoms with Crippen molar-refractivity contribution in [2.45, 2.75) is 39.5 Å². The molecule has 0 spiro atoms. The molecule has 0 bridgehead atoms. The molecule has 0 saturated carbocycles. The van der Waals surface area contributed by atoms with Gasteiger partial charge in [-0.2, -0.15) is 0 Å². The summed E-state index contributed by atoms with van der Waals surface area (Å²) in [6.45, 7) is 6.35. The third-order valence-electron chi connectivity index (χ3n) is 4.00. The van der Waals surface area contributed by atoms with Crippen molar-refractivity contribution in [3.63, 3.8) is 0 Å². The van der Waals surface area contributed by atoms with Crippen LogP contribution in [0.2, 0.25) is 0 Å². The SMILES string of the molecule is CCC(CC)CNc1ccc(N2CCCC2=O)cc1. The zero-order valence-electron chi connectivity index (χ0n) is 12.0. The van der Waals surface area contributed by atoms with Crippen molar-refractivity contribution >= 4 is 17.3 Å². The monoisotopic (exact) mass is 260 g/mol. The van der Waals surface area contributed by atoms with Crippen LogP contribution in [-0.4, -0.2) is 19.0 Å². The molecule has 1 N–H and O–H groups in total. The molecule has 1 fully saturated rings.